The number of nitrogens with zero attached hydrogens (tertiary/aromatic N) is 1. The standard InChI is InChI=1S/C18H21N2O8P/c1-10(2)18(20-9-8-12(21)19-17(20)25)15(23)13(22)14(27-18)16(24)29(26)28-11-6-4-3-5-7-11/h3-10,13-15,22-24H,1-2H3,(H,19,21,25)/t13-,14+,15-,18-/m1/s1. The van der Waals surface area contributed by atoms with Crippen molar-refractivity contribution < 1.29 is 29.5 Å². The fourth-order valence-corrected chi connectivity index (χ4v) is 4.15. The first kappa shape index (κ1) is 21.4. The van der Waals surface area contributed by atoms with E-state index in [0.29, 0.717) is 0 Å². The Kier molecular flexibility index (Phi) is 6.04. The van der Waals surface area contributed by atoms with Crippen molar-refractivity contribution >= 4 is 13.5 Å². The quantitative estimate of drug-likeness (QED) is 0.455. The average molecular weight is 424 g/mol. The molecular formula is C18H21N2O8P. The van der Waals surface area contributed by atoms with Crippen molar-refractivity contribution in [1.29, 1.82) is 0 Å². The van der Waals surface area contributed by atoms with E-state index in [-0.39, 0.29) is 5.75 Å². The van der Waals surface area contributed by atoms with Crippen LogP contribution in [0.5, 0.6) is 5.75 Å². The van der Waals surface area contributed by atoms with Crippen LogP contribution in [0.2, 0.25) is 0 Å². The molecule has 3 rings (SSSR count). The molecule has 1 aliphatic heterocycles. The van der Waals surface area contributed by atoms with Gasteiger partial charge in [0.15, 0.2) is 17.6 Å². The third kappa shape index (κ3) is 3.78. The topological polar surface area (TPSA) is 157 Å². The zero-order valence-corrected chi connectivity index (χ0v) is 16.5. The van der Waals surface area contributed by atoms with Gasteiger partial charge in [-0.15, -0.1) is 0 Å². The van der Waals surface area contributed by atoms with E-state index in [2.05, 4.69) is 4.98 Å². The van der Waals surface area contributed by atoms with Crippen LogP contribution in [0, 0.1) is 5.92 Å². The number of nitrogens with one attached hydrogen (secondary N) is 1. The van der Waals surface area contributed by atoms with Crippen molar-refractivity contribution in [2.45, 2.75) is 37.9 Å². The lowest BCUT2D eigenvalue weighted by molar-refractivity contribution is -0.171. The molecule has 0 aliphatic carbocycles. The molecular weight excluding hydrogens is 403 g/mol. The summed E-state index contributed by atoms with van der Waals surface area (Å²) in [7, 11) is -2.84. The van der Waals surface area contributed by atoms with Gasteiger partial charge in [-0.3, -0.25) is 18.9 Å². The van der Waals surface area contributed by atoms with Crippen molar-refractivity contribution in [3.63, 3.8) is 0 Å². The molecule has 1 aliphatic rings. The van der Waals surface area contributed by atoms with Gasteiger partial charge >= 0.3 is 13.7 Å². The number of aromatic nitrogens is 2. The smallest absolute Gasteiger partial charge is 0.330 e. The lowest BCUT2D eigenvalue weighted by Gasteiger charge is -2.37. The van der Waals surface area contributed by atoms with Gasteiger partial charge in [0.1, 0.15) is 12.2 Å². The fourth-order valence-electron chi connectivity index (χ4n) is 3.33. The van der Waals surface area contributed by atoms with Gasteiger partial charge in [-0.2, -0.15) is 0 Å². The molecule has 0 saturated carbocycles. The van der Waals surface area contributed by atoms with E-state index in [1.54, 1.807) is 32.0 Å². The molecule has 4 N–H and O–H groups in total. The maximum atomic E-state index is 12.4. The molecule has 156 valence electrons. The van der Waals surface area contributed by atoms with Crippen LogP contribution in [0.3, 0.4) is 0 Å². The summed E-state index contributed by atoms with van der Waals surface area (Å²) >= 11 is 0. The number of ether oxygens (including phenoxy) is 1. The highest BCUT2D eigenvalue weighted by atomic mass is 31.1. The van der Waals surface area contributed by atoms with Gasteiger partial charge in [0, 0.05) is 18.2 Å². The number of aliphatic hydroxyl groups is 3. The molecule has 0 spiro atoms. The Labute approximate surface area is 166 Å². The highest BCUT2D eigenvalue weighted by Crippen LogP contribution is 2.42. The summed E-state index contributed by atoms with van der Waals surface area (Å²) in [5, 5.41) is 31.6. The Bertz CT molecular complexity index is 1020. The van der Waals surface area contributed by atoms with Crippen LogP contribution < -0.4 is 20.7 Å². The molecule has 10 nitrogen and oxygen atoms in total. The number of aromatic amines is 1. The van der Waals surface area contributed by atoms with Gasteiger partial charge in [-0.25, -0.2) is 4.79 Å². The number of hydrogen-bond donors (Lipinski definition) is 4. The van der Waals surface area contributed by atoms with Crippen LogP contribution in [0.15, 0.2) is 52.2 Å². The van der Waals surface area contributed by atoms with Gasteiger partial charge in [0.25, 0.3) is 11.0 Å². The Morgan fingerprint density at radius 2 is 1.93 bits per heavy atom. The van der Waals surface area contributed by atoms with Crippen LogP contribution >= 0.6 is 8.00 Å². The lowest BCUT2D eigenvalue weighted by Crippen LogP contribution is -2.54. The fraction of sp³-hybridized carbons (Fsp3) is 0.389. The second-order valence-electron chi connectivity index (χ2n) is 6.88. The molecule has 11 heteroatoms. The monoisotopic (exact) mass is 424 g/mol. The molecule has 2 heterocycles. The van der Waals surface area contributed by atoms with Crippen molar-refractivity contribution in [3.05, 3.63) is 63.4 Å². The minimum Gasteiger partial charge on any atom is -0.593 e. The normalized spacial score (nSPS) is 27.8. The van der Waals surface area contributed by atoms with Crippen LogP contribution in [-0.2, 0) is 10.5 Å². The second kappa shape index (κ2) is 8.19. The third-order valence-corrected chi connectivity index (χ3v) is 5.78. The zero-order chi connectivity index (χ0) is 21.3. The van der Waals surface area contributed by atoms with Gasteiger partial charge in [0.05, 0.1) is 0 Å². The number of para-hydroxylation sites is 1. The molecule has 0 radical (unpaired) electrons. The Hall–Kier alpha value is -2.33. The summed E-state index contributed by atoms with van der Waals surface area (Å²) in [6.07, 6.45) is -3.87. The minimum atomic E-state index is -2.84. The number of hydrogen-bond acceptors (Lipinski definition) is 7. The molecule has 1 unspecified atom stereocenters. The van der Waals surface area contributed by atoms with Crippen LogP contribution in [0.25, 0.3) is 0 Å². The summed E-state index contributed by atoms with van der Waals surface area (Å²) in [5.41, 5.74) is -4.18. The van der Waals surface area contributed by atoms with Gasteiger partial charge < -0.3 is 24.9 Å². The molecule has 1 aromatic heterocycles. The largest absolute Gasteiger partial charge is 0.593 e. The van der Waals surface area contributed by atoms with Crippen LogP contribution in [0.1, 0.15) is 13.8 Å². The average Bonchev–Trinajstić information content (AvgIpc) is 2.94. The minimum absolute atomic E-state index is 0.222. The van der Waals surface area contributed by atoms with Crippen molar-refractivity contribution in [1.82, 2.24) is 9.55 Å². The predicted octanol–water partition coefficient (Wildman–Crippen LogP) is -0.780. The molecule has 1 saturated heterocycles. The third-order valence-electron chi connectivity index (χ3n) is 4.77. The molecule has 2 aromatic rings. The maximum Gasteiger partial charge on any atom is 0.330 e. The van der Waals surface area contributed by atoms with E-state index in [1.807, 2.05) is 0 Å². The SMILES string of the molecule is CC(C)[C@@]1(n2ccc(=O)[nH]c2=O)O[C@H](C(O)=[P+]([O-])Oc2ccccc2)[C@@H](O)[C@H]1O. The lowest BCUT2D eigenvalue weighted by atomic mass is 9.91. The van der Waals surface area contributed by atoms with Crippen molar-refractivity contribution in [2.75, 3.05) is 0 Å². The molecule has 1 aromatic carbocycles. The number of rotatable bonds is 5. The summed E-state index contributed by atoms with van der Waals surface area (Å²) < 4.78 is 11.9. The highest BCUT2D eigenvalue weighted by Gasteiger charge is 2.60. The van der Waals surface area contributed by atoms with Gasteiger partial charge in [0.2, 0.25) is 0 Å². The zero-order valence-electron chi connectivity index (χ0n) is 15.6. The molecule has 29 heavy (non-hydrogen) atoms. The molecule has 1 fully saturated rings. The van der Waals surface area contributed by atoms with E-state index >= 15 is 0 Å². The summed E-state index contributed by atoms with van der Waals surface area (Å²) in [5.74, 6) is -0.373. The molecule has 5 atom stereocenters. The highest BCUT2D eigenvalue weighted by molar-refractivity contribution is 7.46. The molecule has 0 bridgehead atoms. The van der Waals surface area contributed by atoms with E-state index in [0.717, 1.165) is 16.8 Å². The van der Waals surface area contributed by atoms with Crippen LogP contribution in [-0.4, -0.2) is 48.7 Å². The number of benzene rings is 1. The first-order valence-corrected chi connectivity index (χ1v) is 9.98. The van der Waals surface area contributed by atoms with E-state index in [9.17, 15) is 29.8 Å². The van der Waals surface area contributed by atoms with Crippen molar-refractivity contribution in [2.24, 2.45) is 5.92 Å². The van der Waals surface area contributed by atoms with E-state index < -0.39 is 54.7 Å². The Morgan fingerprint density at radius 3 is 2.52 bits per heavy atom. The van der Waals surface area contributed by atoms with Crippen LogP contribution in [0.4, 0.5) is 0 Å². The second-order valence-corrected chi connectivity index (χ2v) is 8.04. The van der Waals surface area contributed by atoms with Gasteiger partial charge in [-0.05, 0) is 12.1 Å². The van der Waals surface area contributed by atoms with Crippen molar-refractivity contribution in [3.8, 4) is 5.75 Å². The summed E-state index contributed by atoms with van der Waals surface area (Å²) in [6.45, 7) is 3.24. The predicted molar refractivity (Wildman–Crippen MR) is 102 cm³/mol. The number of aliphatic hydroxyl groups excluding tert-OH is 3. The van der Waals surface area contributed by atoms with Gasteiger partial charge in [-0.1, -0.05) is 32.0 Å². The Balaban J connectivity index is 2.02. The molecule has 0 amide bonds. The number of H-pyrrole nitrogens is 1. The van der Waals surface area contributed by atoms with E-state index in [4.69, 9.17) is 9.26 Å². The summed E-state index contributed by atoms with van der Waals surface area (Å²) in [6, 6.07) is 9.13. The summed E-state index contributed by atoms with van der Waals surface area (Å²) in [4.78, 5) is 38.2. The maximum absolute atomic E-state index is 12.4. The first-order chi connectivity index (χ1) is 13.7. The Morgan fingerprint density at radius 1 is 1.28 bits per heavy atom. The first-order valence-electron chi connectivity index (χ1n) is 8.81. The van der Waals surface area contributed by atoms with E-state index in [1.165, 1.54) is 12.1 Å².